The molecule has 2 heteroatoms. The van der Waals surface area contributed by atoms with Crippen molar-refractivity contribution >= 4 is 38.4 Å². The Balaban J connectivity index is 2.18. The van der Waals surface area contributed by atoms with Crippen molar-refractivity contribution in [3.63, 3.8) is 0 Å². The molecule has 4 aromatic carbocycles. The van der Waals surface area contributed by atoms with Crippen molar-refractivity contribution in [2.24, 2.45) is 0 Å². The molecule has 1 aliphatic rings. The smallest absolute Gasteiger partial charge is 0.166 e. The van der Waals surface area contributed by atoms with Gasteiger partial charge >= 0.3 is 0 Å². The highest BCUT2D eigenvalue weighted by molar-refractivity contribution is 6.23. The lowest BCUT2D eigenvalue weighted by Gasteiger charge is -2.17. The predicted molar refractivity (Wildman–Crippen MR) is 90.3 cm³/mol. The molecule has 5 rings (SSSR count). The number of rotatable bonds is 0. The van der Waals surface area contributed by atoms with E-state index in [-0.39, 0.29) is 11.5 Å². The molecule has 1 aliphatic carbocycles. The van der Waals surface area contributed by atoms with Crippen LogP contribution in [0, 0.1) is 0 Å². The Bertz CT molecular complexity index is 1140. The van der Waals surface area contributed by atoms with Crippen molar-refractivity contribution in [2.75, 3.05) is 0 Å². The lowest BCUT2D eigenvalue weighted by Crippen LogP contribution is -2.09. The van der Waals surface area contributed by atoms with Crippen molar-refractivity contribution in [1.29, 1.82) is 0 Å². The first-order chi connectivity index (χ1) is 10.7. The summed E-state index contributed by atoms with van der Waals surface area (Å²) >= 11 is 0. The topological polar surface area (TPSA) is 40.5 Å². The average Bonchev–Trinajstić information content (AvgIpc) is 2.55. The Kier molecular flexibility index (Phi) is 2.11. The Morgan fingerprint density at radius 2 is 1.59 bits per heavy atom. The van der Waals surface area contributed by atoms with Gasteiger partial charge in [0.05, 0.1) is 0 Å². The van der Waals surface area contributed by atoms with Crippen molar-refractivity contribution in [1.82, 2.24) is 0 Å². The summed E-state index contributed by atoms with van der Waals surface area (Å²) in [6.07, 6.45) is 4.42. The molecule has 0 bridgehead atoms. The van der Waals surface area contributed by atoms with Crippen LogP contribution in [0.4, 0.5) is 0 Å². The number of hydrogen-bond acceptors (Lipinski definition) is 2. The minimum atomic E-state index is -0.0670. The molecule has 2 nitrogen and oxygen atoms in total. The Labute approximate surface area is 126 Å². The van der Waals surface area contributed by atoms with Crippen LogP contribution in [0.3, 0.4) is 0 Å². The van der Waals surface area contributed by atoms with E-state index in [9.17, 15) is 10.2 Å². The van der Waals surface area contributed by atoms with Crippen LogP contribution in [0.5, 0.6) is 11.5 Å². The van der Waals surface area contributed by atoms with Gasteiger partial charge in [-0.1, -0.05) is 36.4 Å². The van der Waals surface area contributed by atoms with Crippen LogP contribution in [0.25, 0.3) is 38.4 Å². The van der Waals surface area contributed by atoms with Crippen LogP contribution in [0.2, 0.25) is 0 Å². The molecule has 22 heavy (non-hydrogen) atoms. The predicted octanol–water partition coefficient (Wildman–Crippen LogP) is 4.00. The van der Waals surface area contributed by atoms with Crippen LogP contribution < -0.4 is 5.22 Å². The largest absolute Gasteiger partial charge is 0.504 e. The van der Waals surface area contributed by atoms with Crippen molar-refractivity contribution in [3.05, 3.63) is 53.2 Å². The number of fused-ring (bicyclic) bond motifs is 2. The molecule has 0 saturated heterocycles. The molecule has 4 aromatic rings. The molecule has 0 amide bonds. The summed E-state index contributed by atoms with van der Waals surface area (Å²) in [5.41, 5.74) is 1.37. The molecule has 0 radical (unpaired) electrons. The van der Waals surface area contributed by atoms with Crippen molar-refractivity contribution in [3.8, 4) is 11.5 Å². The van der Waals surface area contributed by atoms with E-state index in [4.69, 9.17) is 0 Å². The first-order valence-corrected chi connectivity index (χ1v) is 7.56. The van der Waals surface area contributed by atoms with Gasteiger partial charge in [-0.05, 0) is 62.7 Å². The second-order valence-corrected chi connectivity index (χ2v) is 6.05. The van der Waals surface area contributed by atoms with Gasteiger partial charge < -0.3 is 10.2 Å². The van der Waals surface area contributed by atoms with Gasteiger partial charge in [0.25, 0.3) is 0 Å². The fourth-order valence-electron chi connectivity index (χ4n) is 3.88. The highest BCUT2D eigenvalue weighted by atomic mass is 16.3. The van der Waals surface area contributed by atoms with Gasteiger partial charge in [0.2, 0.25) is 0 Å². The number of aromatic hydroxyl groups is 2. The number of phenols is 2. The molecule has 0 heterocycles. The summed E-state index contributed by atoms with van der Waals surface area (Å²) in [5.74, 6) is -0.0949. The maximum absolute atomic E-state index is 10.4. The third kappa shape index (κ3) is 1.34. The van der Waals surface area contributed by atoms with E-state index in [1.165, 1.54) is 26.9 Å². The molecule has 106 valence electrons. The molecule has 0 atom stereocenters. The van der Waals surface area contributed by atoms with E-state index in [0.29, 0.717) is 0 Å². The van der Waals surface area contributed by atoms with E-state index < -0.39 is 0 Å². The van der Waals surface area contributed by atoms with E-state index in [2.05, 4.69) is 36.4 Å². The first-order valence-electron chi connectivity index (χ1n) is 7.56. The fourth-order valence-corrected chi connectivity index (χ4v) is 3.88. The zero-order valence-electron chi connectivity index (χ0n) is 11.9. The lowest BCUT2D eigenvalue weighted by atomic mass is 9.88. The normalized spacial score (nSPS) is 13.8. The van der Waals surface area contributed by atoms with E-state index >= 15 is 0 Å². The molecule has 0 unspecified atom stereocenters. The quantitative estimate of drug-likeness (QED) is 0.291. The highest BCUT2D eigenvalue weighted by Gasteiger charge is 2.16. The van der Waals surface area contributed by atoms with Crippen molar-refractivity contribution in [2.45, 2.75) is 12.8 Å². The summed E-state index contributed by atoms with van der Waals surface area (Å²) in [5, 5.41) is 27.9. The van der Waals surface area contributed by atoms with Gasteiger partial charge in [-0.3, -0.25) is 0 Å². The Morgan fingerprint density at radius 3 is 2.50 bits per heavy atom. The van der Waals surface area contributed by atoms with Crippen LogP contribution in [0.15, 0.2) is 42.5 Å². The van der Waals surface area contributed by atoms with Crippen LogP contribution in [-0.2, 0) is 6.42 Å². The second-order valence-electron chi connectivity index (χ2n) is 6.05. The summed E-state index contributed by atoms with van der Waals surface area (Å²) in [7, 11) is 0. The maximum atomic E-state index is 10.4. The van der Waals surface area contributed by atoms with Gasteiger partial charge in [0, 0.05) is 5.39 Å². The van der Waals surface area contributed by atoms with E-state index in [0.717, 1.165) is 29.0 Å². The third-order valence-electron chi connectivity index (χ3n) is 4.86. The number of phenolic OH excluding ortho intramolecular Hbond substituents is 2. The Morgan fingerprint density at radius 1 is 0.773 bits per heavy atom. The molecule has 2 N–H and O–H groups in total. The average molecular weight is 286 g/mol. The molecule has 0 aliphatic heterocycles. The van der Waals surface area contributed by atoms with Crippen LogP contribution in [-0.4, -0.2) is 10.2 Å². The van der Waals surface area contributed by atoms with Crippen LogP contribution in [0.1, 0.15) is 12.0 Å². The second kappa shape index (κ2) is 3.92. The number of aryl methyl sites for hydroxylation is 1. The van der Waals surface area contributed by atoms with Crippen LogP contribution >= 0.6 is 0 Å². The monoisotopic (exact) mass is 286 g/mol. The summed E-state index contributed by atoms with van der Waals surface area (Å²) in [6.45, 7) is 0. The van der Waals surface area contributed by atoms with Crippen molar-refractivity contribution < 1.29 is 10.2 Å². The number of hydrogen-bond donors (Lipinski definition) is 2. The van der Waals surface area contributed by atoms with E-state index in [1.807, 2.05) is 6.07 Å². The molecular formula is C20H14O2. The highest BCUT2D eigenvalue weighted by Crippen LogP contribution is 2.41. The molecule has 0 aromatic heterocycles. The molecular weight excluding hydrogens is 272 g/mol. The molecule has 0 saturated carbocycles. The van der Waals surface area contributed by atoms with Gasteiger partial charge in [-0.15, -0.1) is 0 Å². The van der Waals surface area contributed by atoms with Gasteiger partial charge in [-0.25, -0.2) is 0 Å². The minimum absolute atomic E-state index is 0.0279. The summed E-state index contributed by atoms with van der Waals surface area (Å²) in [6, 6.07) is 14.1. The Hall–Kier alpha value is -2.74. The molecule has 0 spiro atoms. The number of benzene rings is 4. The zero-order valence-corrected chi connectivity index (χ0v) is 11.9. The lowest BCUT2D eigenvalue weighted by molar-refractivity contribution is 0.408. The first kappa shape index (κ1) is 11.9. The maximum Gasteiger partial charge on any atom is 0.166 e. The molecule has 0 fully saturated rings. The standard InChI is InChI=1S/C20H14O2/c21-16-9-7-14-10-13-5-4-11-2-1-3-12-6-8-15(18(13)17(11)12)19(14)20(16)22/h2,4-10,21-22H,1,3H2. The summed E-state index contributed by atoms with van der Waals surface area (Å²) < 4.78 is 0. The zero-order chi connectivity index (χ0) is 14.8. The third-order valence-corrected chi connectivity index (χ3v) is 4.86. The fraction of sp³-hybridized carbons (Fsp3) is 0.100. The van der Waals surface area contributed by atoms with Gasteiger partial charge in [-0.2, -0.15) is 0 Å². The van der Waals surface area contributed by atoms with E-state index in [1.54, 1.807) is 6.07 Å². The minimum Gasteiger partial charge on any atom is -0.504 e. The summed E-state index contributed by atoms with van der Waals surface area (Å²) in [4.78, 5) is 0. The van der Waals surface area contributed by atoms with Gasteiger partial charge in [0.15, 0.2) is 11.5 Å². The van der Waals surface area contributed by atoms with Gasteiger partial charge in [0.1, 0.15) is 0 Å². The SMILES string of the molecule is Oc1ccc2cc3ccc4c5c(ccc(c2c1O)c35)CCC=4.